The summed E-state index contributed by atoms with van der Waals surface area (Å²) in [5.41, 5.74) is 6.59. The number of fused-ring (bicyclic) bond motifs is 1. The number of nitrogens with zero attached hydrogens (tertiary/aromatic N) is 3. The van der Waals surface area contributed by atoms with Gasteiger partial charge < -0.3 is 9.64 Å². The molecule has 0 spiro atoms. The minimum absolute atomic E-state index is 0.119. The third-order valence-corrected chi connectivity index (χ3v) is 7.27. The van der Waals surface area contributed by atoms with Crippen LogP contribution >= 0.6 is 0 Å². The molecule has 2 aromatic carbocycles. The average molecular weight is 456 g/mol. The Morgan fingerprint density at radius 3 is 2.50 bits per heavy atom. The van der Waals surface area contributed by atoms with E-state index in [4.69, 9.17) is 9.72 Å². The first-order valence-electron chi connectivity index (χ1n) is 12.3. The molecule has 0 unspecified atom stereocenters. The van der Waals surface area contributed by atoms with Crippen molar-refractivity contribution in [2.45, 2.75) is 45.2 Å². The number of ether oxygens (including phenoxy) is 1. The molecule has 1 amide bonds. The van der Waals surface area contributed by atoms with Crippen LogP contribution in [0.15, 0.2) is 60.7 Å². The van der Waals surface area contributed by atoms with Crippen LogP contribution in [-0.4, -0.2) is 47.4 Å². The Balaban J connectivity index is 1.30. The Bertz CT molecular complexity index is 1170. The van der Waals surface area contributed by atoms with Gasteiger partial charge in [-0.3, -0.25) is 14.7 Å². The van der Waals surface area contributed by atoms with E-state index < -0.39 is 0 Å². The summed E-state index contributed by atoms with van der Waals surface area (Å²) in [6, 6.07) is 20.7. The normalized spacial score (nSPS) is 16.8. The third-order valence-electron chi connectivity index (χ3n) is 7.27. The van der Waals surface area contributed by atoms with Crippen molar-refractivity contribution in [3.05, 3.63) is 94.3 Å². The number of hydrogen-bond donors (Lipinski definition) is 0. The zero-order chi connectivity index (χ0) is 23.5. The summed E-state index contributed by atoms with van der Waals surface area (Å²) in [4.78, 5) is 23.0. The van der Waals surface area contributed by atoms with E-state index in [9.17, 15) is 4.79 Å². The van der Waals surface area contributed by atoms with Crippen molar-refractivity contribution in [2.75, 3.05) is 26.7 Å². The van der Waals surface area contributed by atoms with E-state index in [1.165, 1.54) is 16.7 Å². The van der Waals surface area contributed by atoms with Gasteiger partial charge in [-0.25, -0.2) is 0 Å². The van der Waals surface area contributed by atoms with E-state index in [0.29, 0.717) is 12.5 Å². The molecule has 1 fully saturated rings. The van der Waals surface area contributed by atoms with Gasteiger partial charge in [0, 0.05) is 36.8 Å². The molecule has 3 heterocycles. The summed E-state index contributed by atoms with van der Waals surface area (Å²) in [6.45, 7) is 6.33. The maximum absolute atomic E-state index is 13.6. The van der Waals surface area contributed by atoms with Gasteiger partial charge in [-0.05, 0) is 68.6 Å². The molecule has 5 nitrogen and oxygen atoms in total. The zero-order valence-electron chi connectivity index (χ0n) is 20.2. The summed E-state index contributed by atoms with van der Waals surface area (Å²) in [5, 5.41) is 0. The largest absolute Gasteiger partial charge is 0.496 e. The second-order valence-electron chi connectivity index (χ2n) is 9.49. The predicted octanol–water partition coefficient (Wildman–Crippen LogP) is 4.98. The van der Waals surface area contributed by atoms with Crippen LogP contribution in [0.2, 0.25) is 0 Å². The number of aryl methyl sites for hydroxylation is 1. The number of piperidine rings is 1. The first kappa shape index (κ1) is 22.6. The number of para-hydroxylation sites is 1. The highest BCUT2D eigenvalue weighted by Crippen LogP contribution is 2.32. The lowest BCUT2D eigenvalue weighted by molar-refractivity contribution is 0.0731. The molecule has 3 aromatic rings. The summed E-state index contributed by atoms with van der Waals surface area (Å²) < 4.78 is 5.53. The van der Waals surface area contributed by atoms with Crippen LogP contribution in [0.25, 0.3) is 0 Å². The van der Waals surface area contributed by atoms with Crippen LogP contribution in [-0.2, 0) is 19.5 Å². The first-order valence-corrected chi connectivity index (χ1v) is 12.3. The fraction of sp³-hybridized carbons (Fsp3) is 0.379. The van der Waals surface area contributed by atoms with Gasteiger partial charge in [0.05, 0.1) is 18.4 Å². The number of hydrogen-bond acceptors (Lipinski definition) is 4. The van der Waals surface area contributed by atoms with Gasteiger partial charge in [0.1, 0.15) is 5.75 Å². The van der Waals surface area contributed by atoms with Crippen molar-refractivity contribution in [1.29, 1.82) is 0 Å². The van der Waals surface area contributed by atoms with Crippen molar-refractivity contribution in [3.8, 4) is 5.75 Å². The van der Waals surface area contributed by atoms with E-state index in [1.54, 1.807) is 7.11 Å². The van der Waals surface area contributed by atoms with Gasteiger partial charge in [0.25, 0.3) is 5.91 Å². The zero-order valence-corrected chi connectivity index (χ0v) is 20.2. The first-order chi connectivity index (χ1) is 16.6. The molecular formula is C29H33N3O2. The molecule has 176 valence electrons. The lowest BCUT2D eigenvalue weighted by Gasteiger charge is -2.34. The van der Waals surface area contributed by atoms with Crippen molar-refractivity contribution in [1.82, 2.24) is 14.8 Å². The summed E-state index contributed by atoms with van der Waals surface area (Å²) in [5.74, 6) is 1.37. The Morgan fingerprint density at radius 2 is 1.71 bits per heavy atom. The van der Waals surface area contributed by atoms with E-state index in [2.05, 4.69) is 41.3 Å². The van der Waals surface area contributed by atoms with Crippen LogP contribution in [0.1, 0.15) is 57.2 Å². The Morgan fingerprint density at radius 1 is 0.971 bits per heavy atom. The number of carbonyl (C=O) groups is 1. The highest BCUT2D eigenvalue weighted by atomic mass is 16.5. The average Bonchev–Trinajstić information content (AvgIpc) is 2.89. The molecule has 34 heavy (non-hydrogen) atoms. The smallest absolute Gasteiger partial charge is 0.256 e. The molecule has 1 aromatic heterocycles. The van der Waals surface area contributed by atoms with Gasteiger partial charge >= 0.3 is 0 Å². The van der Waals surface area contributed by atoms with E-state index in [-0.39, 0.29) is 5.91 Å². The van der Waals surface area contributed by atoms with Gasteiger partial charge in [-0.2, -0.15) is 0 Å². The van der Waals surface area contributed by atoms with E-state index in [0.717, 1.165) is 68.1 Å². The Hall–Kier alpha value is -3.18. The number of carbonyl (C=O) groups excluding carboxylic acids is 1. The van der Waals surface area contributed by atoms with Crippen LogP contribution in [0, 0.1) is 6.92 Å². The van der Waals surface area contributed by atoms with Crippen LogP contribution in [0.3, 0.4) is 0 Å². The lowest BCUT2D eigenvalue weighted by Crippen LogP contribution is -2.37. The molecule has 0 aliphatic carbocycles. The number of likely N-dealkylation sites (tertiary alicyclic amines) is 1. The molecule has 2 aliphatic rings. The third kappa shape index (κ3) is 4.71. The lowest BCUT2D eigenvalue weighted by atomic mass is 9.89. The predicted molar refractivity (Wildman–Crippen MR) is 134 cm³/mol. The Labute approximate surface area is 202 Å². The molecular weight excluding hydrogens is 422 g/mol. The molecule has 0 N–H and O–H groups in total. The second kappa shape index (κ2) is 9.98. The summed E-state index contributed by atoms with van der Waals surface area (Å²) in [7, 11) is 1.73. The van der Waals surface area contributed by atoms with Gasteiger partial charge in [-0.1, -0.05) is 42.5 Å². The quantitative estimate of drug-likeness (QED) is 0.545. The van der Waals surface area contributed by atoms with Crippen molar-refractivity contribution < 1.29 is 9.53 Å². The number of amides is 1. The summed E-state index contributed by atoms with van der Waals surface area (Å²) in [6.07, 6.45) is 2.93. The standard InChI is InChI=1S/C29H33N3O2/c1-21-11-12-26(29(33)32-18-15-22-7-3-4-8-24(22)20-32)28(30-21)23-13-16-31(17-14-23)19-25-9-5-6-10-27(25)34-2/h3-12,23H,13-20H2,1-2H3. The molecule has 0 saturated carbocycles. The molecule has 0 atom stereocenters. The molecule has 0 radical (unpaired) electrons. The van der Waals surface area contributed by atoms with Crippen molar-refractivity contribution >= 4 is 5.91 Å². The molecule has 5 heteroatoms. The van der Waals surface area contributed by atoms with E-state index in [1.807, 2.05) is 36.1 Å². The van der Waals surface area contributed by atoms with Gasteiger partial charge in [0.2, 0.25) is 0 Å². The minimum Gasteiger partial charge on any atom is -0.496 e. The number of pyridine rings is 1. The monoisotopic (exact) mass is 455 g/mol. The number of benzene rings is 2. The number of aromatic nitrogens is 1. The van der Waals surface area contributed by atoms with Crippen molar-refractivity contribution in [3.63, 3.8) is 0 Å². The maximum atomic E-state index is 13.6. The number of methoxy groups -OCH3 is 1. The molecule has 1 saturated heterocycles. The fourth-order valence-corrected chi connectivity index (χ4v) is 5.35. The highest BCUT2D eigenvalue weighted by molar-refractivity contribution is 5.95. The topological polar surface area (TPSA) is 45.7 Å². The number of rotatable bonds is 5. The van der Waals surface area contributed by atoms with Gasteiger partial charge in [-0.15, -0.1) is 0 Å². The molecule has 2 aliphatic heterocycles. The van der Waals surface area contributed by atoms with Crippen LogP contribution < -0.4 is 4.74 Å². The minimum atomic E-state index is 0.119. The maximum Gasteiger partial charge on any atom is 0.256 e. The SMILES string of the molecule is COc1ccccc1CN1CCC(c2nc(C)ccc2C(=O)N2CCc3ccccc3C2)CC1. The van der Waals surface area contributed by atoms with Crippen LogP contribution in [0.4, 0.5) is 0 Å². The van der Waals surface area contributed by atoms with Gasteiger partial charge in [0.15, 0.2) is 0 Å². The second-order valence-corrected chi connectivity index (χ2v) is 9.49. The molecule has 5 rings (SSSR count). The van der Waals surface area contributed by atoms with Crippen molar-refractivity contribution in [2.24, 2.45) is 0 Å². The fourth-order valence-electron chi connectivity index (χ4n) is 5.35. The van der Waals surface area contributed by atoms with Crippen LogP contribution in [0.5, 0.6) is 5.75 Å². The van der Waals surface area contributed by atoms with E-state index >= 15 is 0 Å². The highest BCUT2D eigenvalue weighted by Gasteiger charge is 2.29. The summed E-state index contributed by atoms with van der Waals surface area (Å²) >= 11 is 0. The molecule has 0 bridgehead atoms. The Kier molecular flexibility index (Phi) is 6.63.